The highest BCUT2D eigenvalue weighted by atomic mass is 79.9. The number of aromatic nitrogens is 3. The number of rotatable bonds is 7. The molecular formula is C21H23BrN4OS. The Kier molecular flexibility index (Phi) is 6.91. The van der Waals surface area contributed by atoms with Gasteiger partial charge in [0.25, 0.3) is 0 Å². The Morgan fingerprint density at radius 3 is 2.57 bits per heavy atom. The van der Waals surface area contributed by atoms with Gasteiger partial charge in [-0.1, -0.05) is 42.1 Å². The van der Waals surface area contributed by atoms with Crippen LogP contribution in [-0.2, 0) is 17.8 Å². The molecule has 0 spiro atoms. The Hall–Kier alpha value is -2.12. The van der Waals surface area contributed by atoms with Crippen molar-refractivity contribution >= 4 is 39.3 Å². The number of thioether (sulfide) groups is 1. The Labute approximate surface area is 178 Å². The zero-order valence-corrected chi connectivity index (χ0v) is 18.6. The van der Waals surface area contributed by atoms with Gasteiger partial charge in [-0.3, -0.25) is 4.79 Å². The first-order valence-corrected chi connectivity index (χ1v) is 10.9. The van der Waals surface area contributed by atoms with Gasteiger partial charge in [-0.05, 0) is 65.5 Å². The zero-order valence-electron chi connectivity index (χ0n) is 16.2. The maximum absolute atomic E-state index is 12.4. The molecule has 1 aromatic heterocycles. The number of anilines is 1. The lowest BCUT2D eigenvalue weighted by molar-refractivity contribution is -0.113. The summed E-state index contributed by atoms with van der Waals surface area (Å²) in [6.45, 7) is 6.91. The highest BCUT2D eigenvalue weighted by molar-refractivity contribution is 9.10. The van der Waals surface area contributed by atoms with Crippen LogP contribution >= 0.6 is 27.7 Å². The molecule has 0 radical (unpaired) electrons. The molecule has 0 aliphatic carbocycles. The van der Waals surface area contributed by atoms with Crippen molar-refractivity contribution in [3.63, 3.8) is 0 Å². The molecular weight excluding hydrogens is 436 g/mol. The summed E-state index contributed by atoms with van der Waals surface area (Å²) < 4.78 is 2.95. The Morgan fingerprint density at radius 1 is 1.14 bits per heavy atom. The van der Waals surface area contributed by atoms with Gasteiger partial charge in [0.1, 0.15) is 5.82 Å². The van der Waals surface area contributed by atoms with Gasteiger partial charge in [-0.25, -0.2) is 0 Å². The third-order valence-corrected chi connectivity index (χ3v) is 6.13. The monoisotopic (exact) mass is 458 g/mol. The second kappa shape index (κ2) is 9.39. The molecule has 1 amide bonds. The fourth-order valence-corrected chi connectivity index (χ4v) is 4.22. The topological polar surface area (TPSA) is 59.8 Å². The molecule has 3 aromatic rings. The van der Waals surface area contributed by atoms with Crippen molar-refractivity contribution in [2.24, 2.45) is 0 Å². The van der Waals surface area contributed by atoms with Gasteiger partial charge in [0.05, 0.1) is 11.4 Å². The largest absolute Gasteiger partial charge is 0.324 e. The van der Waals surface area contributed by atoms with E-state index in [4.69, 9.17) is 0 Å². The number of halogens is 1. The van der Waals surface area contributed by atoms with Crippen LogP contribution in [0.5, 0.6) is 0 Å². The average Bonchev–Trinajstić information content (AvgIpc) is 3.06. The van der Waals surface area contributed by atoms with Crippen LogP contribution in [0.4, 0.5) is 5.69 Å². The van der Waals surface area contributed by atoms with Crippen LogP contribution in [0.15, 0.2) is 52.1 Å². The van der Waals surface area contributed by atoms with Crippen molar-refractivity contribution in [2.75, 3.05) is 11.1 Å². The van der Waals surface area contributed by atoms with Crippen LogP contribution in [-0.4, -0.2) is 26.4 Å². The van der Waals surface area contributed by atoms with Crippen molar-refractivity contribution < 1.29 is 4.79 Å². The summed E-state index contributed by atoms with van der Waals surface area (Å²) in [5.41, 5.74) is 4.30. The number of amides is 1. The van der Waals surface area contributed by atoms with Gasteiger partial charge in [0, 0.05) is 17.4 Å². The predicted molar refractivity (Wildman–Crippen MR) is 118 cm³/mol. The second-order valence-electron chi connectivity index (χ2n) is 6.56. The first-order chi connectivity index (χ1) is 13.5. The molecule has 1 N–H and O–H groups in total. The van der Waals surface area contributed by atoms with E-state index in [9.17, 15) is 4.79 Å². The maximum atomic E-state index is 12.4. The van der Waals surface area contributed by atoms with E-state index in [1.807, 2.05) is 44.2 Å². The summed E-state index contributed by atoms with van der Waals surface area (Å²) in [5, 5.41) is 12.4. The average molecular weight is 459 g/mol. The highest BCUT2D eigenvalue weighted by Gasteiger charge is 2.14. The Balaban J connectivity index is 1.64. The molecule has 0 bridgehead atoms. The van der Waals surface area contributed by atoms with E-state index in [2.05, 4.69) is 55.1 Å². The molecule has 1 heterocycles. The van der Waals surface area contributed by atoms with Gasteiger partial charge < -0.3 is 9.88 Å². The van der Waals surface area contributed by atoms with Crippen LogP contribution < -0.4 is 5.32 Å². The highest BCUT2D eigenvalue weighted by Crippen LogP contribution is 2.27. The van der Waals surface area contributed by atoms with Gasteiger partial charge >= 0.3 is 0 Å². The molecule has 7 heteroatoms. The van der Waals surface area contributed by atoms with E-state index in [0.717, 1.165) is 39.7 Å². The molecule has 0 aliphatic heterocycles. The van der Waals surface area contributed by atoms with Crippen molar-refractivity contribution in [1.82, 2.24) is 14.8 Å². The number of carbonyl (C=O) groups excluding carboxylic acids is 1. The first-order valence-electron chi connectivity index (χ1n) is 9.13. The number of hydrogen-bond acceptors (Lipinski definition) is 4. The third kappa shape index (κ3) is 5.02. The van der Waals surface area contributed by atoms with Gasteiger partial charge in [-0.2, -0.15) is 0 Å². The normalized spacial score (nSPS) is 10.9. The van der Waals surface area contributed by atoms with Crippen LogP contribution in [0.25, 0.3) is 0 Å². The van der Waals surface area contributed by atoms with Crippen molar-refractivity contribution in [2.45, 2.75) is 38.9 Å². The third-order valence-electron chi connectivity index (χ3n) is 4.50. The summed E-state index contributed by atoms with van der Waals surface area (Å²) in [6, 6.07) is 14.2. The Bertz CT molecular complexity index is 972. The standard InChI is InChI=1S/C21H23BrN4OS/c1-4-26-19(12-16-8-6-5-7-9-16)24-25-21(26)28-13-20(27)23-18-11-15(3)14(2)10-17(18)22/h5-11H,4,12-13H2,1-3H3,(H,23,27). The summed E-state index contributed by atoms with van der Waals surface area (Å²) in [6.07, 6.45) is 0.726. The zero-order chi connectivity index (χ0) is 20.1. The minimum Gasteiger partial charge on any atom is -0.324 e. The smallest absolute Gasteiger partial charge is 0.234 e. The molecule has 146 valence electrons. The molecule has 2 aromatic carbocycles. The number of benzene rings is 2. The molecule has 5 nitrogen and oxygen atoms in total. The predicted octanol–water partition coefficient (Wildman–Crippen LogP) is 5.00. The molecule has 28 heavy (non-hydrogen) atoms. The fraction of sp³-hybridized carbons (Fsp3) is 0.286. The van der Waals surface area contributed by atoms with Crippen molar-refractivity contribution in [3.8, 4) is 0 Å². The number of carbonyl (C=O) groups is 1. The first kappa shape index (κ1) is 20.6. The van der Waals surface area contributed by atoms with E-state index in [0.29, 0.717) is 0 Å². The van der Waals surface area contributed by atoms with Crippen LogP contribution in [0.2, 0.25) is 0 Å². The van der Waals surface area contributed by atoms with Gasteiger partial charge in [-0.15, -0.1) is 10.2 Å². The lowest BCUT2D eigenvalue weighted by atomic mass is 10.1. The SMILES string of the molecule is CCn1c(Cc2ccccc2)nnc1SCC(=O)Nc1cc(C)c(C)cc1Br. The Morgan fingerprint density at radius 2 is 1.86 bits per heavy atom. The summed E-state index contributed by atoms with van der Waals surface area (Å²) in [4.78, 5) is 12.4. The van der Waals surface area contributed by atoms with Crippen LogP contribution in [0.3, 0.4) is 0 Å². The molecule has 0 atom stereocenters. The fourth-order valence-electron chi connectivity index (χ4n) is 2.85. The second-order valence-corrected chi connectivity index (χ2v) is 8.36. The quantitative estimate of drug-likeness (QED) is 0.506. The van der Waals surface area contributed by atoms with Crippen LogP contribution in [0, 0.1) is 13.8 Å². The van der Waals surface area contributed by atoms with Crippen molar-refractivity contribution in [3.05, 3.63) is 69.5 Å². The molecule has 0 unspecified atom stereocenters. The van der Waals surface area contributed by atoms with E-state index >= 15 is 0 Å². The summed E-state index contributed by atoms with van der Waals surface area (Å²) in [7, 11) is 0. The molecule has 0 fully saturated rings. The van der Waals surface area contributed by atoms with Crippen molar-refractivity contribution in [1.29, 1.82) is 0 Å². The number of nitrogens with one attached hydrogen (secondary N) is 1. The van der Waals surface area contributed by atoms with Gasteiger partial charge in [0.2, 0.25) is 5.91 Å². The minimum absolute atomic E-state index is 0.0655. The number of hydrogen-bond donors (Lipinski definition) is 1. The molecule has 0 saturated heterocycles. The summed E-state index contributed by atoms with van der Waals surface area (Å²) >= 11 is 4.92. The molecule has 0 saturated carbocycles. The minimum atomic E-state index is -0.0655. The van der Waals surface area contributed by atoms with E-state index in [1.54, 1.807) is 0 Å². The van der Waals surface area contributed by atoms with E-state index in [-0.39, 0.29) is 11.7 Å². The molecule has 0 aliphatic rings. The summed E-state index contributed by atoms with van der Waals surface area (Å²) in [5.74, 6) is 1.13. The van der Waals surface area contributed by atoms with Crippen LogP contribution in [0.1, 0.15) is 29.4 Å². The number of aryl methyl sites for hydroxylation is 2. The van der Waals surface area contributed by atoms with E-state index < -0.39 is 0 Å². The maximum Gasteiger partial charge on any atom is 0.234 e. The van der Waals surface area contributed by atoms with Gasteiger partial charge in [0.15, 0.2) is 5.16 Å². The number of nitrogens with zero attached hydrogens (tertiary/aromatic N) is 3. The molecule has 3 rings (SSSR count). The van der Waals surface area contributed by atoms with E-state index in [1.165, 1.54) is 22.9 Å². The lowest BCUT2D eigenvalue weighted by Crippen LogP contribution is -2.15. The lowest BCUT2D eigenvalue weighted by Gasteiger charge is -2.11.